The summed E-state index contributed by atoms with van der Waals surface area (Å²) in [6, 6.07) is 5.94. The summed E-state index contributed by atoms with van der Waals surface area (Å²) in [6.45, 7) is 9.14. The lowest BCUT2D eigenvalue weighted by molar-refractivity contribution is -0.131. The van der Waals surface area contributed by atoms with Gasteiger partial charge in [-0.3, -0.25) is 9.69 Å². The number of methoxy groups -OCH3 is 1. The van der Waals surface area contributed by atoms with Crippen molar-refractivity contribution < 1.29 is 18.9 Å². The van der Waals surface area contributed by atoms with E-state index in [2.05, 4.69) is 27.0 Å². The van der Waals surface area contributed by atoms with Gasteiger partial charge in [0.2, 0.25) is 5.91 Å². The molecule has 1 amide bonds. The first kappa shape index (κ1) is 21.4. The third-order valence-corrected chi connectivity index (χ3v) is 6.07. The zero-order valence-electron chi connectivity index (χ0n) is 18.5. The average Bonchev–Trinajstić information content (AvgIpc) is 3.14. The van der Waals surface area contributed by atoms with E-state index in [4.69, 9.17) is 14.1 Å². The van der Waals surface area contributed by atoms with Gasteiger partial charge in [0.15, 0.2) is 5.82 Å². The highest BCUT2D eigenvalue weighted by Gasteiger charge is 2.26. The Kier molecular flexibility index (Phi) is 6.60. The van der Waals surface area contributed by atoms with Gasteiger partial charge in [0.1, 0.15) is 23.3 Å². The summed E-state index contributed by atoms with van der Waals surface area (Å²) in [7, 11) is 1.67. The third kappa shape index (κ3) is 4.92. The molecule has 3 heterocycles. The number of piperazine rings is 1. The number of hydrogen-bond acceptors (Lipinski definition) is 8. The molecule has 2 aliphatic heterocycles. The van der Waals surface area contributed by atoms with E-state index in [9.17, 15) is 4.79 Å². The third-order valence-electron chi connectivity index (χ3n) is 6.07. The molecule has 168 valence electrons. The number of hydrogen-bond donors (Lipinski definition) is 0. The number of aryl methyl sites for hydroxylation is 1. The van der Waals surface area contributed by atoms with Crippen LogP contribution in [0.3, 0.4) is 0 Å². The van der Waals surface area contributed by atoms with E-state index in [1.54, 1.807) is 7.11 Å². The maximum Gasteiger partial charge on any atom is 0.223 e. The second-order valence-corrected chi connectivity index (χ2v) is 8.15. The molecule has 1 unspecified atom stereocenters. The Morgan fingerprint density at radius 1 is 1.23 bits per heavy atom. The Hall–Kier alpha value is -2.81. The zero-order valence-corrected chi connectivity index (χ0v) is 18.5. The normalized spacial score (nSPS) is 19.5. The Labute approximate surface area is 182 Å². The fourth-order valence-corrected chi connectivity index (χ4v) is 4.21. The van der Waals surface area contributed by atoms with Crippen LogP contribution in [0.15, 0.2) is 22.8 Å². The molecule has 2 aromatic rings. The molecule has 1 aromatic carbocycles. The largest absolute Gasteiger partial charge is 0.497 e. The number of rotatable bonds is 6. The summed E-state index contributed by atoms with van der Waals surface area (Å²) in [6.07, 6.45) is 1.54. The molecule has 9 nitrogen and oxygen atoms in total. The van der Waals surface area contributed by atoms with Crippen LogP contribution >= 0.6 is 0 Å². The molecular weight excluding hydrogens is 398 g/mol. The Morgan fingerprint density at radius 2 is 2.03 bits per heavy atom. The summed E-state index contributed by atoms with van der Waals surface area (Å²) in [5.74, 6) is 2.70. The van der Waals surface area contributed by atoms with Crippen molar-refractivity contribution in [3.63, 3.8) is 0 Å². The van der Waals surface area contributed by atoms with Crippen molar-refractivity contribution in [2.45, 2.75) is 39.3 Å². The fraction of sp³-hybridized carbons (Fsp3) is 0.591. The number of benzene rings is 1. The molecule has 2 aliphatic rings. The van der Waals surface area contributed by atoms with Crippen LogP contribution in [0.2, 0.25) is 0 Å². The minimum absolute atomic E-state index is 0.118. The van der Waals surface area contributed by atoms with Crippen LogP contribution in [-0.4, -0.2) is 78.5 Å². The topological polar surface area (TPSA) is 84.2 Å². The van der Waals surface area contributed by atoms with Crippen LogP contribution in [0.1, 0.15) is 31.0 Å². The van der Waals surface area contributed by atoms with E-state index in [1.807, 2.05) is 30.0 Å². The maximum absolute atomic E-state index is 12.9. The van der Waals surface area contributed by atoms with Gasteiger partial charge in [0, 0.05) is 57.8 Å². The number of carbonyl (C=O) groups excluding carboxylic acids is 1. The van der Waals surface area contributed by atoms with E-state index in [-0.39, 0.29) is 12.0 Å². The van der Waals surface area contributed by atoms with Gasteiger partial charge in [-0.25, -0.2) is 4.63 Å². The Bertz CT molecular complexity index is 894. The predicted octanol–water partition coefficient (Wildman–Crippen LogP) is 2.10. The number of ether oxygens (including phenoxy) is 2. The number of carbonyl (C=O) groups is 1. The molecule has 0 bridgehead atoms. The summed E-state index contributed by atoms with van der Waals surface area (Å²) in [5, 5.41) is 7.81. The lowest BCUT2D eigenvalue weighted by Crippen LogP contribution is -2.49. The predicted molar refractivity (Wildman–Crippen MR) is 115 cm³/mol. The molecule has 4 rings (SSSR count). The molecule has 1 atom stereocenters. The lowest BCUT2D eigenvalue weighted by Gasteiger charge is -2.35. The molecule has 31 heavy (non-hydrogen) atoms. The van der Waals surface area contributed by atoms with Crippen LogP contribution in [0, 0.1) is 6.92 Å². The molecule has 0 aliphatic carbocycles. The van der Waals surface area contributed by atoms with Crippen molar-refractivity contribution in [3.8, 4) is 11.5 Å². The maximum atomic E-state index is 12.9. The van der Waals surface area contributed by atoms with E-state index in [0.29, 0.717) is 26.1 Å². The minimum Gasteiger partial charge on any atom is -0.497 e. The van der Waals surface area contributed by atoms with Crippen LogP contribution in [0.25, 0.3) is 0 Å². The minimum atomic E-state index is 0.118. The van der Waals surface area contributed by atoms with Gasteiger partial charge in [-0.1, -0.05) is 12.1 Å². The zero-order chi connectivity index (χ0) is 21.8. The summed E-state index contributed by atoms with van der Waals surface area (Å²) in [5.41, 5.74) is 1.89. The van der Waals surface area contributed by atoms with Gasteiger partial charge in [0.25, 0.3) is 0 Å². The van der Waals surface area contributed by atoms with Gasteiger partial charge in [0.05, 0.1) is 7.11 Å². The van der Waals surface area contributed by atoms with E-state index in [1.165, 1.54) is 0 Å². The number of nitrogens with zero attached hydrogens (tertiary/aromatic N) is 5. The van der Waals surface area contributed by atoms with E-state index >= 15 is 0 Å². The van der Waals surface area contributed by atoms with Crippen molar-refractivity contribution in [2.75, 3.05) is 51.3 Å². The first-order chi connectivity index (χ1) is 15.1. The Balaban J connectivity index is 1.32. The van der Waals surface area contributed by atoms with Crippen LogP contribution < -0.4 is 14.4 Å². The van der Waals surface area contributed by atoms with Crippen LogP contribution in [0.4, 0.5) is 5.82 Å². The van der Waals surface area contributed by atoms with Crippen molar-refractivity contribution in [1.82, 2.24) is 20.1 Å². The molecule has 0 saturated carbocycles. The lowest BCUT2D eigenvalue weighted by atomic mass is 10.1. The molecular formula is C22H31N5O4. The second kappa shape index (κ2) is 9.55. The fourth-order valence-electron chi connectivity index (χ4n) is 4.21. The van der Waals surface area contributed by atoms with Crippen LogP contribution in [-0.2, 0) is 11.3 Å². The van der Waals surface area contributed by atoms with E-state index in [0.717, 1.165) is 61.2 Å². The van der Waals surface area contributed by atoms with Gasteiger partial charge in [-0.05, 0) is 36.7 Å². The number of aromatic nitrogens is 2. The molecule has 1 saturated heterocycles. The van der Waals surface area contributed by atoms with Crippen molar-refractivity contribution in [1.29, 1.82) is 0 Å². The standard InChI is InChI=1S/C22H31N5O4/c1-4-18-15-25(14-17-13-19(29-3)5-6-20(17)30-18)8-7-21(28)26-9-11-27(12-10-26)22-16(2)23-31-24-22/h5-6,13,18H,4,7-12,14-15H2,1-3H3. The highest BCUT2D eigenvalue weighted by Crippen LogP contribution is 2.29. The SMILES string of the molecule is CCC1CN(CCC(=O)N2CCN(c3nonc3C)CC2)Cc2cc(OC)ccc2O1. The molecule has 1 fully saturated rings. The van der Waals surface area contributed by atoms with Crippen molar-refractivity contribution in [3.05, 3.63) is 29.5 Å². The molecule has 0 spiro atoms. The molecule has 0 radical (unpaired) electrons. The van der Waals surface area contributed by atoms with Crippen LogP contribution in [0.5, 0.6) is 11.5 Å². The Morgan fingerprint density at radius 3 is 2.71 bits per heavy atom. The first-order valence-corrected chi connectivity index (χ1v) is 10.9. The summed E-state index contributed by atoms with van der Waals surface area (Å²) < 4.78 is 16.4. The van der Waals surface area contributed by atoms with Gasteiger partial charge in [-0.15, -0.1) is 0 Å². The second-order valence-electron chi connectivity index (χ2n) is 8.15. The highest BCUT2D eigenvalue weighted by atomic mass is 16.6. The van der Waals surface area contributed by atoms with Crippen molar-refractivity contribution >= 4 is 11.7 Å². The summed E-state index contributed by atoms with van der Waals surface area (Å²) >= 11 is 0. The first-order valence-electron chi connectivity index (χ1n) is 10.9. The number of anilines is 1. The smallest absolute Gasteiger partial charge is 0.223 e. The quantitative estimate of drug-likeness (QED) is 0.690. The van der Waals surface area contributed by atoms with Gasteiger partial charge >= 0.3 is 0 Å². The number of fused-ring (bicyclic) bond motifs is 1. The highest BCUT2D eigenvalue weighted by molar-refractivity contribution is 5.76. The van der Waals surface area contributed by atoms with Gasteiger partial charge in [-0.2, -0.15) is 0 Å². The monoisotopic (exact) mass is 429 g/mol. The number of amides is 1. The summed E-state index contributed by atoms with van der Waals surface area (Å²) in [4.78, 5) is 19.3. The van der Waals surface area contributed by atoms with Crippen molar-refractivity contribution in [2.24, 2.45) is 0 Å². The molecule has 9 heteroatoms. The van der Waals surface area contributed by atoms with Gasteiger partial charge < -0.3 is 19.3 Å². The van der Waals surface area contributed by atoms with E-state index < -0.39 is 0 Å². The molecule has 1 aromatic heterocycles. The average molecular weight is 430 g/mol. The molecule has 0 N–H and O–H groups in total.